The van der Waals surface area contributed by atoms with Crippen LogP contribution in [0.3, 0.4) is 0 Å². The normalized spacial score (nSPS) is 31.2. The van der Waals surface area contributed by atoms with Crippen LogP contribution in [0.25, 0.3) is 0 Å². The van der Waals surface area contributed by atoms with E-state index in [-0.39, 0.29) is 18.2 Å². The van der Waals surface area contributed by atoms with E-state index in [1.54, 1.807) is 0 Å². The van der Waals surface area contributed by atoms with Crippen molar-refractivity contribution in [2.24, 2.45) is 0 Å². The van der Waals surface area contributed by atoms with Crippen molar-refractivity contribution in [2.45, 2.75) is 51.0 Å². The van der Waals surface area contributed by atoms with Crippen molar-refractivity contribution >= 4 is 6.03 Å². The molecule has 5 nitrogen and oxygen atoms in total. The predicted molar refractivity (Wildman–Crippen MR) is 70.6 cm³/mol. The van der Waals surface area contributed by atoms with Crippen LogP contribution >= 0.6 is 0 Å². The number of hydrogen-bond donors (Lipinski definition) is 1. The summed E-state index contributed by atoms with van der Waals surface area (Å²) in [5, 5.41) is 2.94. The van der Waals surface area contributed by atoms with E-state index in [1.807, 2.05) is 18.7 Å². The van der Waals surface area contributed by atoms with Crippen molar-refractivity contribution in [3.8, 4) is 0 Å². The zero-order chi connectivity index (χ0) is 13.3. The van der Waals surface area contributed by atoms with Gasteiger partial charge in [0.25, 0.3) is 0 Å². The van der Waals surface area contributed by atoms with Crippen LogP contribution < -0.4 is 5.32 Å². The van der Waals surface area contributed by atoms with Gasteiger partial charge in [-0.3, -0.25) is 0 Å². The molecule has 0 bridgehead atoms. The topological polar surface area (TPSA) is 44.8 Å². The lowest BCUT2D eigenvalue weighted by molar-refractivity contribution is -0.153. The van der Waals surface area contributed by atoms with Gasteiger partial charge in [-0.1, -0.05) is 0 Å². The molecular weight excluding hydrogens is 230 g/mol. The number of nitrogens with one attached hydrogen (secondary N) is 1. The van der Waals surface area contributed by atoms with Gasteiger partial charge in [-0.15, -0.1) is 0 Å². The van der Waals surface area contributed by atoms with Gasteiger partial charge >= 0.3 is 6.03 Å². The molecule has 0 radical (unpaired) electrons. The van der Waals surface area contributed by atoms with Crippen molar-refractivity contribution in [1.29, 1.82) is 0 Å². The molecule has 3 atom stereocenters. The first kappa shape index (κ1) is 13.6. The summed E-state index contributed by atoms with van der Waals surface area (Å²) < 4.78 is 6.02. The number of likely N-dealkylation sites (tertiary alicyclic amines) is 1. The highest BCUT2D eigenvalue weighted by molar-refractivity contribution is 5.76. The standard InChI is InChI=1S/C13H25N3O2/c1-9(2)14-13(17)16-8-12-11(16)6-5-10(18-12)7-15(3)4/h9-12H,5-8H2,1-4H3,(H,14,17)/t10-,11+,12+/m0/s1. The Hall–Kier alpha value is -0.810. The summed E-state index contributed by atoms with van der Waals surface area (Å²) in [4.78, 5) is 16.0. The van der Waals surface area contributed by atoms with Crippen LogP contribution in [0.15, 0.2) is 0 Å². The van der Waals surface area contributed by atoms with E-state index in [9.17, 15) is 4.79 Å². The van der Waals surface area contributed by atoms with Crippen LogP contribution in [0.5, 0.6) is 0 Å². The zero-order valence-corrected chi connectivity index (χ0v) is 11.8. The highest BCUT2D eigenvalue weighted by atomic mass is 16.5. The molecule has 2 rings (SSSR count). The first-order valence-electron chi connectivity index (χ1n) is 6.84. The summed E-state index contributed by atoms with van der Waals surface area (Å²) in [6.45, 7) is 5.69. The van der Waals surface area contributed by atoms with E-state index in [0.29, 0.717) is 12.1 Å². The first-order valence-corrected chi connectivity index (χ1v) is 6.84. The minimum absolute atomic E-state index is 0.0564. The molecule has 2 aliphatic rings. The first-order chi connectivity index (χ1) is 8.47. The number of fused-ring (bicyclic) bond motifs is 1. The molecule has 2 saturated heterocycles. The Bertz CT molecular complexity index is 307. The summed E-state index contributed by atoms with van der Waals surface area (Å²) in [6, 6.07) is 0.547. The third-order valence-electron chi connectivity index (χ3n) is 3.60. The number of likely N-dealkylation sites (N-methyl/N-ethyl adjacent to an activating group) is 1. The molecule has 2 aliphatic heterocycles. The Labute approximate surface area is 109 Å². The lowest BCUT2D eigenvalue weighted by atomic mass is 9.90. The molecule has 2 amide bonds. The van der Waals surface area contributed by atoms with E-state index in [4.69, 9.17) is 4.74 Å². The van der Waals surface area contributed by atoms with Crippen molar-refractivity contribution in [1.82, 2.24) is 15.1 Å². The second kappa shape index (κ2) is 5.45. The number of carbonyl (C=O) groups excluding carboxylic acids is 1. The van der Waals surface area contributed by atoms with E-state index in [0.717, 1.165) is 25.9 Å². The Balaban J connectivity index is 1.79. The van der Waals surface area contributed by atoms with E-state index < -0.39 is 0 Å². The van der Waals surface area contributed by atoms with E-state index >= 15 is 0 Å². The van der Waals surface area contributed by atoms with Gasteiger partial charge in [0.05, 0.1) is 24.8 Å². The van der Waals surface area contributed by atoms with Crippen LogP contribution in [0, 0.1) is 0 Å². The van der Waals surface area contributed by atoms with Crippen molar-refractivity contribution in [3.63, 3.8) is 0 Å². The van der Waals surface area contributed by atoms with Gasteiger partial charge in [0, 0.05) is 12.6 Å². The number of hydrogen-bond acceptors (Lipinski definition) is 3. The van der Waals surface area contributed by atoms with Gasteiger partial charge in [-0.05, 0) is 40.8 Å². The molecule has 0 unspecified atom stereocenters. The monoisotopic (exact) mass is 255 g/mol. The number of ether oxygens (including phenoxy) is 1. The van der Waals surface area contributed by atoms with Crippen LogP contribution in [-0.2, 0) is 4.74 Å². The summed E-state index contributed by atoms with van der Waals surface area (Å²) in [6.07, 6.45) is 2.69. The summed E-state index contributed by atoms with van der Waals surface area (Å²) in [7, 11) is 4.14. The highest BCUT2D eigenvalue weighted by Crippen LogP contribution is 2.32. The Morgan fingerprint density at radius 3 is 2.72 bits per heavy atom. The Morgan fingerprint density at radius 1 is 1.44 bits per heavy atom. The van der Waals surface area contributed by atoms with E-state index in [2.05, 4.69) is 24.3 Å². The molecule has 5 heteroatoms. The van der Waals surface area contributed by atoms with Crippen molar-refractivity contribution < 1.29 is 9.53 Å². The minimum Gasteiger partial charge on any atom is -0.370 e. The van der Waals surface area contributed by atoms with Gasteiger partial charge < -0.3 is 19.9 Å². The Kier molecular flexibility index (Phi) is 4.12. The second-order valence-corrected chi connectivity index (χ2v) is 5.96. The lowest BCUT2D eigenvalue weighted by Gasteiger charge is -2.52. The van der Waals surface area contributed by atoms with Gasteiger partial charge in [-0.2, -0.15) is 0 Å². The summed E-state index contributed by atoms with van der Waals surface area (Å²) >= 11 is 0. The highest BCUT2D eigenvalue weighted by Gasteiger charge is 2.46. The molecule has 0 spiro atoms. The quantitative estimate of drug-likeness (QED) is 0.815. The summed E-state index contributed by atoms with van der Waals surface area (Å²) in [5.74, 6) is 0. The fraction of sp³-hybridized carbons (Fsp3) is 0.923. The fourth-order valence-corrected chi connectivity index (χ4v) is 2.77. The third kappa shape index (κ3) is 2.95. The zero-order valence-electron chi connectivity index (χ0n) is 11.8. The molecular formula is C13H25N3O2. The van der Waals surface area contributed by atoms with Crippen LogP contribution in [0.1, 0.15) is 26.7 Å². The van der Waals surface area contributed by atoms with Crippen LogP contribution in [0.2, 0.25) is 0 Å². The molecule has 2 fully saturated rings. The van der Waals surface area contributed by atoms with Gasteiger partial charge in [-0.25, -0.2) is 4.79 Å². The largest absolute Gasteiger partial charge is 0.370 e. The Morgan fingerprint density at radius 2 is 2.17 bits per heavy atom. The second-order valence-electron chi connectivity index (χ2n) is 5.96. The maximum atomic E-state index is 11.9. The molecule has 104 valence electrons. The molecule has 0 saturated carbocycles. The van der Waals surface area contributed by atoms with Gasteiger partial charge in [0.2, 0.25) is 0 Å². The average molecular weight is 255 g/mol. The SMILES string of the molecule is CC(C)NC(=O)N1C[C@H]2O[C@H](CN(C)C)CC[C@H]21. The molecule has 0 aromatic heterocycles. The average Bonchev–Trinajstić information content (AvgIpc) is 2.19. The van der Waals surface area contributed by atoms with Crippen LogP contribution in [0.4, 0.5) is 4.79 Å². The van der Waals surface area contributed by atoms with Crippen LogP contribution in [-0.4, -0.2) is 67.3 Å². The number of rotatable bonds is 3. The predicted octanol–water partition coefficient (Wildman–Crippen LogP) is 0.898. The number of amides is 2. The molecule has 2 heterocycles. The maximum absolute atomic E-state index is 11.9. The molecule has 0 aliphatic carbocycles. The van der Waals surface area contributed by atoms with Gasteiger partial charge in [0.1, 0.15) is 0 Å². The van der Waals surface area contributed by atoms with Crippen molar-refractivity contribution in [3.05, 3.63) is 0 Å². The minimum atomic E-state index is 0.0564. The number of carbonyl (C=O) groups is 1. The summed E-state index contributed by atoms with van der Waals surface area (Å²) in [5.41, 5.74) is 0. The van der Waals surface area contributed by atoms with E-state index in [1.165, 1.54) is 0 Å². The third-order valence-corrected chi connectivity index (χ3v) is 3.60. The smallest absolute Gasteiger partial charge is 0.318 e. The maximum Gasteiger partial charge on any atom is 0.318 e. The number of urea groups is 1. The lowest BCUT2D eigenvalue weighted by Crippen LogP contribution is -2.68. The molecule has 1 N–H and O–H groups in total. The van der Waals surface area contributed by atoms with Crippen molar-refractivity contribution in [2.75, 3.05) is 27.2 Å². The van der Waals surface area contributed by atoms with Gasteiger partial charge in [0.15, 0.2) is 0 Å². The number of nitrogens with zero attached hydrogens (tertiary/aromatic N) is 2. The molecule has 18 heavy (non-hydrogen) atoms. The fourth-order valence-electron chi connectivity index (χ4n) is 2.77. The molecule has 0 aromatic carbocycles. The molecule has 0 aromatic rings.